The molecule has 0 aliphatic carbocycles. The largest absolute Gasteiger partial charge is 0.468 e. The summed E-state index contributed by atoms with van der Waals surface area (Å²) in [6, 6.07) is -0.307. The van der Waals surface area contributed by atoms with Crippen LogP contribution in [0.25, 0.3) is 0 Å². The Kier molecular flexibility index (Phi) is 6.66. The highest BCUT2D eigenvalue weighted by Crippen LogP contribution is 2.05. The Bertz CT molecular complexity index is 338. The fourth-order valence-electron chi connectivity index (χ4n) is 1.09. The normalized spacial score (nSPS) is 12.5. The third-order valence-electron chi connectivity index (χ3n) is 2.07. The van der Waals surface area contributed by atoms with E-state index in [4.69, 9.17) is 0 Å². The van der Waals surface area contributed by atoms with E-state index in [1.807, 2.05) is 13.8 Å². The highest BCUT2D eigenvalue weighted by molar-refractivity contribution is 7.87. The van der Waals surface area contributed by atoms with Crippen molar-refractivity contribution in [1.29, 1.82) is 0 Å². The van der Waals surface area contributed by atoms with Gasteiger partial charge in [0.05, 0.1) is 7.11 Å². The molecule has 0 saturated carbocycles. The SMILES string of the molecule is COC(=O)CN(C(C)C)S(=O)(=O)NCC(C)C. The van der Waals surface area contributed by atoms with E-state index in [9.17, 15) is 13.2 Å². The maximum absolute atomic E-state index is 11.9. The van der Waals surface area contributed by atoms with Gasteiger partial charge in [-0.15, -0.1) is 0 Å². The van der Waals surface area contributed by atoms with Crippen LogP contribution in [0.1, 0.15) is 27.7 Å². The number of carbonyl (C=O) groups excluding carboxylic acids is 1. The number of hydrogen-bond acceptors (Lipinski definition) is 4. The molecule has 0 saturated heterocycles. The van der Waals surface area contributed by atoms with Gasteiger partial charge in [-0.1, -0.05) is 13.8 Å². The Morgan fingerprint density at radius 1 is 1.29 bits per heavy atom. The summed E-state index contributed by atoms with van der Waals surface area (Å²) >= 11 is 0. The molecule has 0 radical (unpaired) electrons. The van der Waals surface area contributed by atoms with Crippen LogP contribution in [0.15, 0.2) is 0 Å². The van der Waals surface area contributed by atoms with Crippen molar-refractivity contribution in [3.63, 3.8) is 0 Å². The fourth-order valence-corrected chi connectivity index (χ4v) is 2.63. The van der Waals surface area contributed by atoms with Crippen LogP contribution in [0.5, 0.6) is 0 Å². The minimum atomic E-state index is -3.64. The van der Waals surface area contributed by atoms with Crippen molar-refractivity contribution in [2.24, 2.45) is 5.92 Å². The monoisotopic (exact) mass is 266 g/mol. The molecule has 1 N–H and O–H groups in total. The number of rotatable bonds is 7. The first-order chi connectivity index (χ1) is 7.70. The van der Waals surface area contributed by atoms with Crippen LogP contribution in [0.4, 0.5) is 0 Å². The van der Waals surface area contributed by atoms with Crippen LogP contribution >= 0.6 is 0 Å². The molecular formula is C10H22N2O4S. The second-order valence-corrected chi connectivity index (χ2v) is 6.17. The number of carbonyl (C=O) groups is 1. The molecule has 0 fully saturated rings. The molecule has 0 atom stereocenters. The Labute approximate surface area is 104 Å². The number of hydrogen-bond donors (Lipinski definition) is 1. The van der Waals surface area contributed by atoms with Gasteiger partial charge < -0.3 is 4.74 Å². The molecule has 0 aliphatic rings. The van der Waals surface area contributed by atoms with E-state index in [0.717, 1.165) is 4.31 Å². The molecule has 0 aromatic carbocycles. The molecule has 0 rings (SSSR count). The minimum absolute atomic E-state index is 0.205. The van der Waals surface area contributed by atoms with Crippen molar-refractivity contribution in [3.05, 3.63) is 0 Å². The average molecular weight is 266 g/mol. The van der Waals surface area contributed by atoms with Gasteiger partial charge in [-0.25, -0.2) is 4.72 Å². The zero-order valence-electron chi connectivity index (χ0n) is 11.1. The molecule has 0 spiro atoms. The number of nitrogens with zero attached hydrogens (tertiary/aromatic N) is 1. The van der Waals surface area contributed by atoms with Crippen molar-refractivity contribution in [2.45, 2.75) is 33.7 Å². The summed E-state index contributed by atoms with van der Waals surface area (Å²) in [6.45, 7) is 7.29. The summed E-state index contributed by atoms with van der Waals surface area (Å²) in [6.07, 6.45) is 0. The second kappa shape index (κ2) is 6.93. The van der Waals surface area contributed by atoms with Gasteiger partial charge in [0.2, 0.25) is 0 Å². The molecule has 17 heavy (non-hydrogen) atoms. The summed E-state index contributed by atoms with van der Waals surface area (Å²) in [5.74, 6) is -0.370. The van der Waals surface area contributed by atoms with Crippen molar-refractivity contribution in [3.8, 4) is 0 Å². The van der Waals surface area contributed by atoms with Gasteiger partial charge in [-0.2, -0.15) is 12.7 Å². The lowest BCUT2D eigenvalue weighted by molar-refractivity contribution is -0.141. The van der Waals surface area contributed by atoms with Crippen LogP contribution in [0, 0.1) is 5.92 Å². The number of esters is 1. The Morgan fingerprint density at radius 3 is 2.18 bits per heavy atom. The van der Waals surface area contributed by atoms with Crippen LogP contribution in [-0.4, -0.2) is 44.9 Å². The summed E-state index contributed by atoms with van der Waals surface area (Å²) in [4.78, 5) is 11.2. The number of nitrogens with one attached hydrogen (secondary N) is 1. The second-order valence-electron chi connectivity index (χ2n) is 4.46. The summed E-state index contributed by atoms with van der Waals surface area (Å²) in [5.41, 5.74) is 0. The van der Waals surface area contributed by atoms with E-state index in [-0.39, 0.29) is 18.5 Å². The Morgan fingerprint density at radius 2 is 1.82 bits per heavy atom. The van der Waals surface area contributed by atoms with E-state index in [0.29, 0.717) is 6.54 Å². The van der Waals surface area contributed by atoms with Crippen molar-refractivity contribution < 1.29 is 17.9 Å². The molecule has 0 aliphatic heterocycles. The summed E-state index contributed by atoms with van der Waals surface area (Å²) < 4.78 is 31.9. The quantitative estimate of drug-likeness (QED) is 0.675. The van der Waals surface area contributed by atoms with Gasteiger partial charge in [0.25, 0.3) is 10.2 Å². The maximum Gasteiger partial charge on any atom is 0.321 e. The van der Waals surface area contributed by atoms with Crippen LogP contribution < -0.4 is 4.72 Å². The van der Waals surface area contributed by atoms with E-state index in [1.165, 1.54) is 7.11 Å². The van der Waals surface area contributed by atoms with E-state index in [1.54, 1.807) is 13.8 Å². The molecule has 0 bridgehead atoms. The number of ether oxygens (including phenoxy) is 1. The zero-order valence-corrected chi connectivity index (χ0v) is 11.9. The standard InChI is InChI=1S/C10H22N2O4S/c1-8(2)6-11-17(14,15)12(9(3)4)7-10(13)16-5/h8-9,11H,6-7H2,1-5H3. The van der Waals surface area contributed by atoms with Crippen molar-refractivity contribution in [1.82, 2.24) is 9.03 Å². The number of methoxy groups -OCH3 is 1. The first-order valence-corrected chi connectivity index (χ1v) is 6.98. The van der Waals surface area contributed by atoms with Gasteiger partial charge in [-0.3, -0.25) is 4.79 Å². The maximum atomic E-state index is 11.9. The Balaban J connectivity index is 4.74. The highest BCUT2D eigenvalue weighted by atomic mass is 32.2. The third-order valence-corrected chi connectivity index (χ3v) is 3.77. The topological polar surface area (TPSA) is 75.7 Å². The third kappa shape index (κ3) is 5.99. The van der Waals surface area contributed by atoms with Crippen LogP contribution in [0.2, 0.25) is 0 Å². The summed E-state index contributed by atoms with van der Waals surface area (Å²) in [7, 11) is -2.41. The molecule has 0 aromatic rings. The molecular weight excluding hydrogens is 244 g/mol. The fraction of sp³-hybridized carbons (Fsp3) is 0.900. The lowest BCUT2D eigenvalue weighted by Crippen LogP contribution is -2.47. The first kappa shape index (κ1) is 16.3. The van der Waals surface area contributed by atoms with E-state index >= 15 is 0 Å². The van der Waals surface area contributed by atoms with E-state index < -0.39 is 16.2 Å². The van der Waals surface area contributed by atoms with Crippen molar-refractivity contribution in [2.75, 3.05) is 20.2 Å². The predicted octanol–water partition coefficient (Wildman–Crippen LogP) is 0.360. The van der Waals surface area contributed by atoms with Gasteiger partial charge in [0, 0.05) is 12.6 Å². The molecule has 102 valence electrons. The zero-order chi connectivity index (χ0) is 13.6. The highest BCUT2D eigenvalue weighted by Gasteiger charge is 2.27. The molecule has 0 heterocycles. The molecule has 7 heteroatoms. The lowest BCUT2D eigenvalue weighted by atomic mass is 10.2. The average Bonchev–Trinajstić information content (AvgIpc) is 2.22. The minimum Gasteiger partial charge on any atom is -0.468 e. The Hall–Kier alpha value is -0.660. The van der Waals surface area contributed by atoms with E-state index in [2.05, 4.69) is 9.46 Å². The van der Waals surface area contributed by atoms with Gasteiger partial charge in [-0.05, 0) is 19.8 Å². The molecule has 0 aromatic heterocycles. The first-order valence-electron chi connectivity index (χ1n) is 5.54. The molecule has 0 amide bonds. The van der Waals surface area contributed by atoms with Crippen molar-refractivity contribution >= 4 is 16.2 Å². The van der Waals surface area contributed by atoms with Crippen LogP contribution in [0.3, 0.4) is 0 Å². The van der Waals surface area contributed by atoms with Gasteiger partial charge in [0.15, 0.2) is 0 Å². The predicted molar refractivity (Wildman–Crippen MR) is 65.6 cm³/mol. The molecule has 6 nitrogen and oxygen atoms in total. The van der Waals surface area contributed by atoms with Gasteiger partial charge >= 0.3 is 5.97 Å². The molecule has 0 unspecified atom stereocenters. The smallest absolute Gasteiger partial charge is 0.321 e. The summed E-state index contributed by atoms with van der Waals surface area (Å²) in [5, 5.41) is 0. The van der Waals surface area contributed by atoms with Gasteiger partial charge in [0.1, 0.15) is 6.54 Å². The lowest BCUT2D eigenvalue weighted by Gasteiger charge is -2.25. The van der Waals surface area contributed by atoms with Crippen LogP contribution in [-0.2, 0) is 19.7 Å².